The summed E-state index contributed by atoms with van der Waals surface area (Å²) in [5.74, 6) is -2.81. The fourth-order valence-electron chi connectivity index (χ4n) is 1.91. The molecule has 1 unspecified atom stereocenters. The maximum Gasteiger partial charge on any atom is 0.400 e. The van der Waals surface area contributed by atoms with Crippen LogP contribution in [0.1, 0.15) is 19.8 Å². The largest absolute Gasteiger partial charge is 0.409 e. The third-order valence-corrected chi connectivity index (χ3v) is 3.24. The number of halogens is 3. The van der Waals surface area contributed by atoms with Crippen LogP contribution in [0.15, 0.2) is 5.16 Å². The minimum absolute atomic E-state index is 0.352. The van der Waals surface area contributed by atoms with Crippen LogP contribution >= 0.6 is 0 Å². The second-order valence-electron chi connectivity index (χ2n) is 4.92. The van der Waals surface area contributed by atoms with Crippen molar-refractivity contribution in [3.8, 4) is 0 Å². The highest BCUT2D eigenvalue weighted by Gasteiger charge is 2.44. The SMILES string of the molecule is CC1(O)CCN(CC(C(N)=NO)C(F)(F)F)CC1. The van der Waals surface area contributed by atoms with E-state index in [2.05, 4.69) is 5.16 Å². The molecule has 106 valence electrons. The molecule has 1 atom stereocenters. The van der Waals surface area contributed by atoms with Crippen LogP contribution in [0.25, 0.3) is 0 Å². The number of amidine groups is 1. The van der Waals surface area contributed by atoms with Gasteiger partial charge in [-0.2, -0.15) is 13.2 Å². The summed E-state index contributed by atoms with van der Waals surface area (Å²) >= 11 is 0. The Labute approximate surface area is 103 Å². The van der Waals surface area contributed by atoms with Crippen LogP contribution in [0.3, 0.4) is 0 Å². The molecule has 0 bridgehead atoms. The molecule has 5 nitrogen and oxygen atoms in total. The summed E-state index contributed by atoms with van der Waals surface area (Å²) in [7, 11) is 0. The molecular formula is C10H18F3N3O2. The van der Waals surface area contributed by atoms with Gasteiger partial charge in [0.25, 0.3) is 0 Å². The number of piperidine rings is 1. The lowest BCUT2D eigenvalue weighted by atomic mass is 9.93. The quantitative estimate of drug-likeness (QED) is 0.306. The minimum atomic E-state index is -4.55. The average Bonchev–Trinajstić information content (AvgIpc) is 2.25. The van der Waals surface area contributed by atoms with E-state index < -0.39 is 23.5 Å². The Bertz CT molecular complexity index is 308. The molecule has 0 spiro atoms. The molecule has 1 heterocycles. The smallest absolute Gasteiger partial charge is 0.400 e. The summed E-state index contributed by atoms with van der Waals surface area (Å²) in [6, 6.07) is 0. The lowest BCUT2D eigenvalue weighted by molar-refractivity contribution is -0.162. The average molecular weight is 269 g/mol. The molecule has 1 fully saturated rings. The van der Waals surface area contributed by atoms with Crippen LogP contribution in [0.2, 0.25) is 0 Å². The standard InChI is InChI=1S/C10H18F3N3O2/c1-9(17)2-4-16(5-3-9)6-7(8(14)15-18)10(11,12)13/h7,17-18H,2-6H2,1H3,(H2,14,15). The van der Waals surface area contributed by atoms with E-state index in [1.807, 2.05) is 0 Å². The van der Waals surface area contributed by atoms with Crippen LogP contribution in [0.5, 0.6) is 0 Å². The Hall–Kier alpha value is -1.02. The van der Waals surface area contributed by atoms with Crippen molar-refractivity contribution in [1.29, 1.82) is 0 Å². The topological polar surface area (TPSA) is 82.1 Å². The van der Waals surface area contributed by atoms with Gasteiger partial charge in [-0.25, -0.2) is 0 Å². The summed E-state index contributed by atoms with van der Waals surface area (Å²) in [6.45, 7) is 2.03. The zero-order valence-electron chi connectivity index (χ0n) is 10.1. The van der Waals surface area contributed by atoms with E-state index in [9.17, 15) is 18.3 Å². The Morgan fingerprint density at radius 2 is 1.94 bits per heavy atom. The van der Waals surface area contributed by atoms with Gasteiger partial charge in [0.1, 0.15) is 5.92 Å². The Balaban J connectivity index is 2.64. The number of rotatable bonds is 3. The molecule has 4 N–H and O–H groups in total. The summed E-state index contributed by atoms with van der Waals surface area (Å²) in [4.78, 5) is 1.56. The second-order valence-corrected chi connectivity index (χ2v) is 4.92. The summed E-state index contributed by atoms with van der Waals surface area (Å²) in [5, 5.41) is 20.5. The third kappa shape index (κ3) is 4.02. The molecule has 1 saturated heterocycles. The van der Waals surface area contributed by atoms with Crippen molar-refractivity contribution >= 4 is 5.84 Å². The van der Waals surface area contributed by atoms with Crippen molar-refractivity contribution in [2.45, 2.75) is 31.5 Å². The van der Waals surface area contributed by atoms with E-state index in [1.165, 1.54) is 0 Å². The van der Waals surface area contributed by atoms with Gasteiger partial charge < -0.3 is 20.9 Å². The third-order valence-electron chi connectivity index (χ3n) is 3.24. The number of alkyl halides is 3. The van der Waals surface area contributed by atoms with Crippen LogP contribution < -0.4 is 5.73 Å². The molecular weight excluding hydrogens is 251 g/mol. The zero-order chi connectivity index (χ0) is 14.0. The molecule has 1 aliphatic rings. The Morgan fingerprint density at radius 3 is 2.33 bits per heavy atom. The maximum atomic E-state index is 12.7. The molecule has 8 heteroatoms. The lowest BCUT2D eigenvalue weighted by Gasteiger charge is -2.37. The maximum absolute atomic E-state index is 12.7. The summed E-state index contributed by atoms with van der Waals surface area (Å²) < 4.78 is 38.1. The monoisotopic (exact) mass is 269 g/mol. The van der Waals surface area contributed by atoms with Crippen molar-refractivity contribution in [1.82, 2.24) is 4.90 Å². The molecule has 18 heavy (non-hydrogen) atoms. The number of hydrogen-bond donors (Lipinski definition) is 3. The molecule has 0 aliphatic carbocycles. The molecule has 0 aromatic carbocycles. The fourth-order valence-corrected chi connectivity index (χ4v) is 1.91. The van der Waals surface area contributed by atoms with E-state index in [1.54, 1.807) is 11.8 Å². The second kappa shape index (κ2) is 5.31. The first-order valence-corrected chi connectivity index (χ1v) is 5.64. The molecule has 0 radical (unpaired) electrons. The van der Waals surface area contributed by atoms with Gasteiger partial charge in [0.15, 0.2) is 5.84 Å². The van der Waals surface area contributed by atoms with Crippen LogP contribution in [-0.4, -0.2) is 52.5 Å². The van der Waals surface area contributed by atoms with E-state index in [4.69, 9.17) is 10.9 Å². The van der Waals surface area contributed by atoms with Gasteiger partial charge >= 0.3 is 6.18 Å². The number of nitrogens with two attached hydrogens (primary N) is 1. The number of oxime groups is 1. The van der Waals surface area contributed by atoms with Gasteiger partial charge in [0, 0.05) is 19.6 Å². The first kappa shape index (κ1) is 15.0. The predicted molar refractivity (Wildman–Crippen MR) is 59.3 cm³/mol. The van der Waals surface area contributed by atoms with Crippen molar-refractivity contribution in [3.05, 3.63) is 0 Å². The van der Waals surface area contributed by atoms with Gasteiger partial charge in [-0.1, -0.05) is 5.16 Å². The van der Waals surface area contributed by atoms with Gasteiger partial charge in [-0.05, 0) is 19.8 Å². The van der Waals surface area contributed by atoms with Gasteiger partial charge in [-0.15, -0.1) is 0 Å². The van der Waals surface area contributed by atoms with E-state index >= 15 is 0 Å². The van der Waals surface area contributed by atoms with Gasteiger partial charge in [0.05, 0.1) is 5.60 Å². The van der Waals surface area contributed by atoms with Gasteiger partial charge in [-0.3, -0.25) is 0 Å². The van der Waals surface area contributed by atoms with Crippen molar-refractivity contribution in [3.63, 3.8) is 0 Å². The highest BCUT2D eigenvalue weighted by Crippen LogP contribution is 2.29. The molecule has 0 aromatic heterocycles. The normalized spacial score (nSPS) is 23.9. The van der Waals surface area contributed by atoms with Gasteiger partial charge in [0.2, 0.25) is 0 Å². The zero-order valence-corrected chi connectivity index (χ0v) is 10.1. The summed E-state index contributed by atoms with van der Waals surface area (Å²) in [5.41, 5.74) is 4.26. The highest BCUT2D eigenvalue weighted by atomic mass is 19.4. The molecule has 0 aromatic rings. The van der Waals surface area contributed by atoms with Crippen molar-refractivity contribution in [2.24, 2.45) is 16.8 Å². The first-order chi connectivity index (χ1) is 8.15. The Morgan fingerprint density at radius 1 is 1.44 bits per heavy atom. The van der Waals surface area contributed by atoms with Crippen molar-refractivity contribution in [2.75, 3.05) is 19.6 Å². The minimum Gasteiger partial charge on any atom is -0.409 e. The molecule has 0 amide bonds. The van der Waals surface area contributed by atoms with E-state index in [-0.39, 0.29) is 6.54 Å². The van der Waals surface area contributed by atoms with E-state index in [0.717, 1.165) is 0 Å². The first-order valence-electron chi connectivity index (χ1n) is 5.64. The Kier molecular flexibility index (Phi) is 4.44. The highest BCUT2D eigenvalue weighted by molar-refractivity contribution is 5.83. The fraction of sp³-hybridized carbons (Fsp3) is 0.900. The van der Waals surface area contributed by atoms with E-state index in [0.29, 0.717) is 25.9 Å². The number of aliphatic hydroxyl groups is 1. The van der Waals surface area contributed by atoms with Crippen LogP contribution in [0, 0.1) is 5.92 Å². The molecule has 1 aliphatic heterocycles. The number of hydrogen-bond acceptors (Lipinski definition) is 4. The molecule has 0 saturated carbocycles. The number of likely N-dealkylation sites (tertiary alicyclic amines) is 1. The van der Waals surface area contributed by atoms with Crippen LogP contribution in [0.4, 0.5) is 13.2 Å². The predicted octanol–water partition coefficient (Wildman–Crippen LogP) is 0.758. The summed E-state index contributed by atoms with van der Waals surface area (Å²) in [6.07, 6.45) is -3.72. The molecule has 1 rings (SSSR count). The van der Waals surface area contributed by atoms with Crippen LogP contribution in [-0.2, 0) is 0 Å². The van der Waals surface area contributed by atoms with Crippen molar-refractivity contribution < 1.29 is 23.5 Å². The number of nitrogens with zero attached hydrogens (tertiary/aromatic N) is 2. The lowest BCUT2D eigenvalue weighted by Crippen LogP contribution is -2.49.